The van der Waals surface area contributed by atoms with Gasteiger partial charge in [-0.15, -0.1) is 10.2 Å². The molecule has 0 saturated heterocycles. The highest BCUT2D eigenvalue weighted by molar-refractivity contribution is 6.14. The van der Waals surface area contributed by atoms with E-state index in [0.29, 0.717) is 5.39 Å². The molecule has 1 N–H and O–H groups in total. The van der Waals surface area contributed by atoms with Crippen molar-refractivity contribution in [3.8, 4) is 0 Å². The van der Waals surface area contributed by atoms with Crippen LogP contribution in [-0.4, -0.2) is 19.7 Å². The minimum absolute atomic E-state index is 0.0641. The summed E-state index contributed by atoms with van der Waals surface area (Å²) in [6.45, 7) is 0. The van der Waals surface area contributed by atoms with Gasteiger partial charge < -0.3 is 4.98 Å². The van der Waals surface area contributed by atoms with Crippen molar-refractivity contribution in [2.45, 2.75) is 31.7 Å². The maximum Gasteiger partial charge on any atom is 0.260 e. The van der Waals surface area contributed by atoms with Crippen LogP contribution in [0, 0.1) is 0 Å². The number of nitrogens with zero attached hydrogens (tertiary/aromatic N) is 3. The number of H-pyrrole nitrogens is 1. The third kappa shape index (κ3) is 1.70. The largest absolute Gasteiger partial charge is 0.347 e. The molecule has 0 spiro atoms. The van der Waals surface area contributed by atoms with Crippen LogP contribution in [0.3, 0.4) is 0 Å². The summed E-state index contributed by atoms with van der Waals surface area (Å²) in [5.74, 6) is 0. The second-order valence-electron chi connectivity index (χ2n) is 6.29. The highest BCUT2D eigenvalue weighted by Gasteiger charge is 2.23. The Labute approximate surface area is 132 Å². The molecular weight excluding hydrogens is 288 g/mol. The Hall–Kier alpha value is -2.69. The molecule has 1 aliphatic rings. The fourth-order valence-electron chi connectivity index (χ4n) is 3.94. The lowest BCUT2D eigenvalue weighted by molar-refractivity contribution is 0.519. The van der Waals surface area contributed by atoms with E-state index in [0.717, 1.165) is 40.3 Å². The predicted molar refractivity (Wildman–Crippen MR) is 90.7 cm³/mol. The molecule has 1 saturated carbocycles. The van der Waals surface area contributed by atoms with Gasteiger partial charge in [0.1, 0.15) is 16.7 Å². The maximum atomic E-state index is 13.3. The van der Waals surface area contributed by atoms with Crippen LogP contribution in [-0.2, 0) is 0 Å². The molecule has 0 aliphatic heterocycles. The second kappa shape index (κ2) is 4.65. The molecule has 0 atom stereocenters. The average molecular weight is 304 g/mol. The van der Waals surface area contributed by atoms with E-state index < -0.39 is 0 Å². The van der Waals surface area contributed by atoms with Crippen molar-refractivity contribution in [1.29, 1.82) is 0 Å². The quantitative estimate of drug-likeness (QED) is 0.585. The van der Waals surface area contributed by atoms with Crippen molar-refractivity contribution >= 4 is 32.8 Å². The molecule has 5 nitrogen and oxygen atoms in total. The molecule has 0 bridgehead atoms. The first-order valence-corrected chi connectivity index (χ1v) is 8.11. The van der Waals surface area contributed by atoms with Crippen LogP contribution in [0.1, 0.15) is 31.7 Å². The number of nitrogens with one attached hydrogen (secondary N) is 1. The molecule has 1 aliphatic carbocycles. The molecule has 4 aromatic rings. The molecule has 3 heterocycles. The van der Waals surface area contributed by atoms with Gasteiger partial charge in [0.2, 0.25) is 0 Å². The van der Waals surface area contributed by atoms with Crippen LogP contribution >= 0.6 is 0 Å². The van der Waals surface area contributed by atoms with E-state index in [1.807, 2.05) is 41.1 Å². The maximum absolute atomic E-state index is 13.3. The van der Waals surface area contributed by atoms with Gasteiger partial charge >= 0.3 is 0 Å². The molecule has 0 unspecified atom stereocenters. The first-order valence-electron chi connectivity index (χ1n) is 8.11. The average Bonchev–Trinajstić information content (AvgIpc) is 3.23. The minimum Gasteiger partial charge on any atom is -0.347 e. The molecule has 3 aromatic heterocycles. The molecule has 5 heteroatoms. The van der Waals surface area contributed by atoms with E-state index in [4.69, 9.17) is 0 Å². The van der Waals surface area contributed by atoms with Gasteiger partial charge in [-0.2, -0.15) is 0 Å². The van der Waals surface area contributed by atoms with Crippen LogP contribution in [0.15, 0.2) is 41.3 Å². The number of rotatable bonds is 1. The van der Waals surface area contributed by atoms with Crippen molar-refractivity contribution in [1.82, 2.24) is 19.7 Å². The van der Waals surface area contributed by atoms with Crippen molar-refractivity contribution in [2.24, 2.45) is 0 Å². The number of aromatic nitrogens is 4. The molecule has 1 fully saturated rings. The van der Waals surface area contributed by atoms with E-state index in [1.54, 1.807) is 0 Å². The standard InChI is InChI=1S/C18H16N4O/c23-18-13-8-4-3-7-12(13)16-15-14(20-21-16)9-10-19-17(15)22(18)11-5-1-2-6-11/h3-4,7-11,19H,1-2,5-6H2. The Kier molecular flexibility index (Phi) is 2.59. The van der Waals surface area contributed by atoms with Crippen LogP contribution in [0.5, 0.6) is 0 Å². The Morgan fingerprint density at radius 1 is 1.04 bits per heavy atom. The Morgan fingerprint density at radius 2 is 1.83 bits per heavy atom. The summed E-state index contributed by atoms with van der Waals surface area (Å²) in [7, 11) is 0. The van der Waals surface area contributed by atoms with Crippen molar-refractivity contribution in [3.05, 3.63) is 46.9 Å². The molecule has 114 valence electrons. The lowest BCUT2D eigenvalue weighted by Gasteiger charge is -2.14. The molecule has 5 rings (SSSR count). The minimum atomic E-state index is 0.0641. The van der Waals surface area contributed by atoms with Gasteiger partial charge in [-0.1, -0.05) is 31.0 Å². The summed E-state index contributed by atoms with van der Waals surface area (Å²) in [6, 6.07) is 9.89. The Balaban J connectivity index is 2.11. The number of aromatic amines is 1. The third-order valence-corrected chi connectivity index (χ3v) is 5.01. The number of pyridine rings is 1. The van der Waals surface area contributed by atoms with Crippen molar-refractivity contribution < 1.29 is 0 Å². The molecule has 0 amide bonds. The van der Waals surface area contributed by atoms with E-state index in [1.165, 1.54) is 12.8 Å². The molecule has 0 radical (unpaired) electrons. The van der Waals surface area contributed by atoms with E-state index in [-0.39, 0.29) is 11.6 Å². The number of hydrogen-bond donors (Lipinski definition) is 1. The summed E-state index contributed by atoms with van der Waals surface area (Å²) in [5, 5.41) is 11.2. The van der Waals surface area contributed by atoms with Crippen molar-refractivity contribution in [2.75, 3.05) is 0 Å². The van der Waals surface area contributed by atoms with E-state index in [9.17, 15) is 4.79 Å². The zero-order valence-corrected chi connectivity index (χ0v) is 12.6. The predicted octanol–water partition coefficient (Wildman–Crippen LogP) is 3.54. The third-order valence-electron chi connectivity index (χ3n) is 5.01. The van der Waals surface area contributed by atoms with Gasteiger partial charge in [-0.3, -0.25) is 9.36 Å². The molecule has 23 heavy (non-hydrogen) atoms. The zero-order chi connectivity index (χ0) is 15.4. The van der Waals surface area contributed by atoms with Gasteiger partial charge in [0, 0.05) is 23.0 Å². The highest BCUT2D eigenvalue weighted by atomic mass is 16.1. The van der Waals surface area contributed by atoms with Gasteiger partial charge in [-0.05, 0) is 25.0 Å². The fourth-order valence-corrected chi connectivity index (χ4v) is 3.94. The lowest BCUT2D eigenvalue weighted by Crippen LogP contribution is -2.22. The smallest absolute Gasteiger partial charge is 0.260 e. The van der Waals surface area contributed by atoms with Crippen LogP contribution < -0.4 is 5.56 Å². The van der Waals surface area contributed by atoms with Crippen LogP contribution in [0.2, 0.25) is 0 Å². The molecular formula is C18H16N4O. The van der Waals surface area contributed by atoms with Gasteiger partial charge in [0.05, 0.1) is 5.39 Å². The summed E-state index contributed by atoms with van der Waals surface area (Å²) in [5.41, 5.74) is 2.54. The first-order chi connectivity index (χ1) is 11.3. The lowest BCUT2D eigenvalue weighted by atomic mass is 10.1. The normalized spacial score (nSPS) is 16.0. The van der Waals surface area contributed by atoms with Gasteiger partial charge in [0.25, 0.3) is 5.56 Å². The van der Waals surface area contributed by atoms with Crippen LogP contribution in [0.25, 0.3) is 32.8 Å². The summed E-state index contributed by atoms with van der Waals surface area (Å²) < 4.78 is 1.95. The second-order valence-corrected chi connectivity index (χ2v) is 6.29. The van der Waals surface area contributed by atoms with E-state index in [2.05, 4.69) is 15.2 Å². The SMILES string of the molecule is O=c1c2ccccc2c2nnc3cc[nH]c(c32)n1C1CCCC1. The van der Waals surface area contributed by atoms with Crippen molar-refractivity contribution in [3.63, 3.8) is 0 Å². The van der Waals surface area contributed by atoms with Crippen LogP contribution in [0.4, 0.5) is 0 Å². The van der Waals surface area contributed by atoms with E-state index >= 15 is 0 Å². The summed E-state index contributed by atoms with van der Waals surface area (Å²) in [6.07, 6.45) is 6.30. The van der Waals surface area contributed by atoms with Gasteiger partial charge in [0.15, 0.2) is 0 Å². The summed E-state index contributed by atoms with van der Waals surface area (Å²) in [4.78, 5) is 16.6. The highest BCUT2D eigenvalue weighted by Crippen LogP contribution is 2.33. The Morgan fingerprint density at radius 3 is 2.65 bits per heavy atom. The number of benzene rings is 1. The Bertz CT molecular complexity index is 1100. The first kappa shape index (κ1) is 12.8. The molecule has 1 aromatic carbocycles. The number of hydrogen-bond acceptors (Lipinski definition) is 3. The zero-order valence-electron chi connectivity index (χ0n) is 12.6. The number of fused-ring (bicyclic) bond motifs is 2. The monoisotopic (exact) mass is 304 g/mol. The summed E-state index contributed by atoms with van der Waals surface area (Å²) >= 11 is 0. The fraction of sp³-hybridized carbons (Fsp3) is 0.278. The topological polar surface area (TPSA) is 63.6 Å². The van der Waals surface area contributed by atoms with Gasteiger partial charge in [-0.25, -0.2) is 0 Å².